The summed E-state index contributed by atoms with van der Waals surface area (Å²) in [6.45, 7) is 12.0. The van der Waals surface area contributed by atoms with Gasteiger partial charge in [0, 0.05) is 51.4 Å². The van der Waals surface area contributed by atoms with Crippen molar-refractivity contribution in [2.45, 2.75) is 32.6 Å². The van der Waals surface area contributed by atoms with Crippen LogP contribution in [0.3, 0.4) is 0 Å². The van der Waals surface area contributed by atoms with Crippen LogP contribution in [-0.2, 0) is 0 Å². The van der Waals surface area contributed by atoms with Crippen molar-refractivity contribution >= 4 is 32.6 Å². The maximum Gasteiger partial charge on any atom is 0.251 e. The SMILES string of the molecule is CCN1CCN(CCCNC(=O)c2ccc3nc(N4CCCCC4)sc3c2)CC1. The van der Waals surface area contributed by atoms with Gasteiger partial charge in [-0.15, -0.1) is 0 Å². The number of hydrogen-bond donors (Lipinski definition) is 1. The number of nitrogens with one attached hydrogen (secondary N) is 1. The lowest BCUT2D eigenvalue weighted by Gasteiger charge is -2.33. The van der Waals surface area contributed by atoms with Crippen LogP contribution in [-0.4, -0.2) is 79.6 Å². The fourth-order valence-corrected chi connectivity index (χ4v) is 5.27. The molecule has 0 bridgehead atoms. The second-order valence-corrected chi connectivity index (χ2v) is 9.12. The number of carbonyl (C=O) groups excluding carboxylic acids is 1. The van der Waals surface area contributed by atoms with Crippen molar-refractivity contribution in [2.75, 3.05) is 63.8 Å². The summed E-state index contributed by atoms with van der Waals surface area (Å²) in [5.41, 5.74) is 1.74. The van der Waals surface area contributed by atoms with Crippen molar-refractivity contribution < 1.29 is 4.79 Å². The molecule has 1 aromatic carbocycles. The van der Waals surface area contributed by atoms with Gasteiger partial charge in [0.25, 0.3) is 5.91 Å². The van der Waals surface area contributed by atoms with E-state index in [1.54, 1.807) is 11.3 Å². The molecule has 0 saturated carbocycles. The van der Waals surface area contributed by atoms with Crippen LogP contribution in [0.15, 0.2) is 18.2 Å². The summed E-state index contributed by atoms with van der Waals surface area (Å²) in [6, 6.07) is 5.89. The van der Waals surface area contributed by atoms with Gasteiger partial charge >= 0.3 is 0 Å². The summed E-state index contributed by atoms with van der Waals surface area (Å²) < 4.78 is 1.10. The molecule has 2 aromatic rings. The van der Waals surface area contributed by atoms with Gasteiger partial charge in [-0.05, 0) is 57.0 Å². The predicted molar refractivity (Wildman–Crippen MR) is 121 cm³/mol. The van der Waals surface area contributed by atoms with Gasteiger partial charge in [-0.1, -0.05) is 18.3 Å². The average molecular weight is 416 g/mol. The Bertz CT molecular complexity index is 809. The molecule has 7 heteroatoms. The maximum atomic E-state index is 12.6. The van der Waals surface area contributed by atoms with Gasteiger partial charge in [-0.3, -0.25) is 4.79 Å². The molecule has 1 aromatic heterocycles. The minimum absolute atomic E-state index is 0.0237. The quantitative estimate of drug-likeness (QED) is 0.705. The number of hydrogen-bond acceptors (Lipinski definition) is 6. The van der Waals surface area contributed by atoms with Crippen molar-refractivity contribution in [3.63, 3.8) is 0 Å². The van der Waals surface area contributed by atoms with Crippen LogP contribution in [0.5, 0.6) is 0 Å². The van der Waals surface area contributed by atoms with Gasteiger partial charge in [-0.25, -0.2) is 4.98 Å². The number of amides is 1. The molecule has 158 valence electrons. The number of rotatable bonds is 7. The highest BCUT2D eigenvalue weighted by Gasteiger charge is 2.17. The molecule has 0 unspecified atom stereocenters. The van der Waals surface area contributed by atoms with E-state index in [0.717, 1.165) is 86.2 Å². The number of likely N-dealkylation sites (N-methyl/N-ethyl adjacent to an activating group) is 1. The largest absolute Gasteiger partial charge is 0.352 e. The smallest absolute Gasteiger partial charge is 0.251 e. The highest BCUT2D eigenvalue weighted by Crippen LogP contribution is 2.31. The first kappa shape index (κ1) is 20.6. The van der Waals surface area contributed by atoms with Crippen LogP contribution < -0.4 is 10.2 Å². The Kier molecular flexibility index (Phi) is 7.00. The molecular formula is C22H33N5OS. The molecule has 0 radical (unpaired) electrons. The third kappa shape index (κ3) is 5.27. The maximum absolute atomic E-state index is 12.6. The molecule has 4 rings (SSSR count). The molecule has 2 aliphatic heterocycles. The molecule has 2 saturated heterocycles. The molecular weight excluding hydrogens is 382 g/mol. The first-order chi connectivity index (χ1) is 14.2. The molecule has 6 nitrogen and oxygen atoms in total. The number of thiazole rings is 1. The molecule has 0 atom stereocenters. The fraction of sp³-hybridized carbons (Fsp3) is 0.636. The number of anilines is 1. The van der Waals surface area contributed by atoms with Crippen molar-refractivity contribution in [3.05, 3.63) is 23.8 Å². The second-order valence-electron chi connectivity index (χ2n) is 8.11. The lowest BCUT2D eigenvalue weighted by Crippen LogP contribution is -2.46. The van der Waals surface area contributed by atoms with E-state index in [0.29, 0.717) is 0 Å². The zero-order chi connectivity index (χ0) is 20.1. The summed E-state index contributed by atoms with van der Waals surface area (Å²) in [5.74, 6) is 0.0237. The lowest BCUT2D eigenvalue weighted by atomic mass is 10.1. The minimum Gasteiger partial charge on any atom is -0.352 e. The van der Waals surface area contributed by atoms with E-state index in [2.05, 4.69) is 26.9 Å². The highest BCUT2D eigenvalue weighted by molar-refractivity contribution is 7.22. The Morgan fingerprint density at radius 1 is 1.07 bits per heavy atom. The fourth-order valence-electron chi connectivity index (χ4n) is 4.21. The van der Waals surface area contributed by atoms with Crippen LogP contribution in [0.25, 0.3) is 10.2 Å². The van der Waals surface area contributed by atoms with E-state index in [9.17, 15) is 4.79 Å². The number of piperidine rings is 1. The topological polar surface area (TPSA) is 51.7 Å². The Hall–Kier alpha value is -1.70. The van der Waals surface area contributed by atoms with Crippen molar-refractivity contribution in [2.24, 2.45) is 0 Å². The molecule has 0 spiro atoms. The van der Waals surface area contributed by atoms with E-state index < -0.39 is 0 Å². The van der Waals surface area contributed by atoms with Crippen LogP contribution in [0.4, 0.5) is 5.13 Å². The monoisotopic (exact) mass is 415 g/mol. The first-order valence-corrected chi connectivity index (χ1v) is 11.9. The summed E-state index contributed by atoms with van der Waals surface area (Å²) in [5, 5.41) is 4.19. The number of aromatic nitrogens is 1. The van der Waals surface area contributed by atoms with Gasteiger partial charge in [0.15, 0.2) is 5.13 Å². The standard InChI is InChI=1S/C22H33N5OS/c1-2-25-13-15-26(16-14-25)10-6-9-23-21(28)18-7-8-19-20(17-18)29-22(24-19)27-11-4-3-5-12-27/h7-8,17H,2-6,9-16H2,1H3,(H,23,28). The Morgan fingerprint density at radius 2 is 1.83 bits per heavy atom. The third-order valence-electron chi connectivity index (χ3n) is 6.11. The number of nitrogens with zero attached hydrogens (tertiary/aromatic N) is 4. The Balaban J connectivity index is 1.26. The van der Waals surface area contributed by atoms with Crippen LogP contribution >= 0.6 is 11.3 Å². The van der Waals surface area contributed by atoms with Gasteiger partial charge < -0.3 is 20.0 Å². The van der Waals surface area contributed by atoms with E-state index in [1.165, 1.54) is 19.3 Å². The molecule has 1 N–H and O–H groups in total. The van der Waals surface area contributed by atoms with Gasteiger partial charge in [0.1, 0.15) is 0 Å². The van der Waals surface area contributed by atoms with Gasteiger partial charge in [0.05, 0.1) is 10.2 Å². The van der Waals surface area contributed by atoms with E-state index in [-0.39, 0.29) is 5.91 Å². The molecule has 1 amide bonds. The predicted octanol–water partition coefficient (Wildman–Crippen LogP) is 3.04. The van der Waals surface area contributed by atoms with Crippen molar-refractivity contribution in [1.82, 2.24) is 20.1 Å². The molecule has 0 aliphatic carbocycles. The Morgan fingerprint density at radius 3 is 2.59 bits per heavy atom. The van der Waals surface area contributed by atoms with Crippen molar-refractivity contribution in [1.29, 1.82) is 0 Å². The zero-order valence-corrected chi connectivity index (χ0v) is 18.3. The number of piperazine rings is 1. The first-order valence-electron chi connectivity index (χ1n) is 11.1. The number of fused-ring (bicyclic) bond motifs is 1. The second kappa shape index (κ2) is 9.87. The third-order valence-corrected chi connectivity index (χ3v) is 7.19. The lowest BCUT2D eigenvalue weighted by molar-refractivity contribution is 0.0948. The summed E-state index contributed by atoms with van der Waals surface area (Å²) >= 11 is 1.71. The summed E-state index contributed by atoms with van der Waals surface area (Å²) in [4.78, 5) is 24.7. The van der Waals surface area contributed by atoms with Gasteiger partial charge in [0.2, 0.25) is 0 Å². The summed E-state index contributed by atoms with van der Waals surface area (Å²) in [7, 11) is 0. The molecule has 3 heterocycles. The minimum atomic E-state index is 0.0237. The average Bonchev–Trinajstić information content (AvgIpc) is 3.21. The van der Waals surface area contributed by atoms with Crippen molar-refractivity contribution in [3.8, 4) is 0 Å². The van der Waals surface area contributed by atoms with E-state index in [1.807, 2.05) is 18.2 Å². The van der Waals surface area contributed by atoms with E-state index >= 15 is 0 Å². The van der Waals surface area contributed by atoms with Crippen LogP contribution in [0, 0.1) is 0 Å². The van der Waals surface area contributed by atoms with E-state index in [4.69, 9.17) is 4.98 Å². The van der Waals surface area contributed by atoms with Gasteiger partial charge in [-0.2, -0.15) is 0 Å². The number of carbonyl (C=O) groups is 1. The summed E-state index contributed by atoms with van der Waals surface area (Å²) in [6.07, 6.45) is 4.82. The molecule has 2 fully saturated rings. The molecule has 29 heavy (non-hydrogen) atoms. The Labute approximate surface area is 177 Å². The van der Waals surface area contributed by atoms with Crippen LogP contribution in [0.2, 0.25) is 0 Å². The normalized spacial score (nSPS) is 19.0. The molecule has 2 aliphatic rings. The number of benzene rings is 1. The van der Waals surface area contributed by atoms with Crippen LogP contribution in [0.1, 0.15) is 43.0 Å². The highest BCUT2D eigenvalue weighted by atomic mass is 32.1. The zero-order valence-electron chi connectivity index (χ0n) is 17.5.